The third-order valence-corrected chi connectivity index (χ3v) is 3.58. The van der Waals surface area contributed by atoms with Gasteiger partial charge in [-0.05, 0) is 56.6 Å². The zero-order valence-electron chi connectivity index (χ0n) is 11.7. The Bertz CT molecular complexity index is 359. The van der Waals surface area contributed by atoms with Crippen LogP contribution < -0.4 is 15.2 Å². The average Bonchev–Trinajstić information content (AvgIpc) is 2.46. The van der Waals surface area contributed by atoms with E-state index in [0.717, 1.165) is 57.0 Å². The van der Waals surface area contributed by atoms with Crippen LogP contribution in [0.2, 0.25) is 0 Å². The van der Waals surface area contributed by atoms with Gasteiger partial charge in [-0.2, -0.15) is 0 Å². The van der Waals surface area contributed by atoms with Crippen molar-refractivity contribution in [2.45, 2.75) is 25.3 Å². The number of likely N-dealkylation sites (tertiary alicyclic amines) is 1. The molecule has 0 spiro atoms. The number of methoxy groups -OCH3 is 1. The van der Waals surface area contributed by atoms with E-state index in [1.807, 2.05) is 24.3 Å². The molecule has 1 fully saturated rings. The number of rotatable bonds is 6. The first-order chi connectivity index (χ1) is 9.28. The maximum absolute atomic E-state index is 5.89. The average molecular weight is 264 g/mol. The molecule has 0 saturated carbocycles. The second-order valence-corrected chi connectivity index (χ2v) is 5.06. The molecule has 19 heavy (non-hydrogen) atoms. The molecule has 0 amide bonds. The molecule has 0 radical (unpaired) electrons. The Morgan fingerprint density at radius 3 is 2.42 bits per heavy atom. The van der Waals surface area contributed by atoms with Gasteiger partial charge in [0.15, 0.2) is 0 Å². The van der Waals surface area contributed by atoms with Gasteiger partial charge in [-0.25, -0.2) is 0 Å². The van der Waals surface area contributed by atoms with Crippen molar-refractivity contribution >= 4 is 0 Å². The number of nitrogens with two attached hydrogens (primary N) is 1. The van der Waals surface area contributed by atoms with E-state index in [2.05, 4.69) is 4.90 Å². The minimum Gasteiger partial charge on any atom is -0.497 e. The smallest absolute Gasteiger partial charge is 0.119 e. The summed E-state index contributed by atoms with van der Waals surface area (Å²) in [6.45, 7) is 4.12. The number of hydrogen-bond donors (Lipinski definition) is 1. The van der Waals surface area contributed by atoms with Gasteiger partial charge < -0.3 is 20.1 Å². The monoisotopic (exact) mass is 264 g/mol. The molecule has 1 aromatic rings. The first-order valence-electron chi connectivity index (χ1n) is 7.03. The van der Waals surface area contributed by atoms with E-state index in [1.54, 1.807) is 7.11 Å². The number of hydrogen-bond acceptors (Lipinski definition) is 4. The lowest BCUT2D eigenvalue weighted by molar-refractivity contribution is 0.194. The molecule has 1 heterocycles. The predicted molar refractivity (Wildman–Crippen MR) is 76.8 cm³/mol. The van der Waals surface area contributed by atoms with Gasteiger partial charge in [0.25, 0.3) is 0 Å². The van der Waals surface area contributed by atoms with Crippen LogP contribution in [0.1, 0.15) is 19.3 Å². The van der Waals surface area contributed by atoms with Gasteiger partial charge in [0.05, 0.1) is 13.7 Å². The Morgan fingerprint density at radius 1 is 1.16 bits per heavy atom. The van der Waals surface area contributed by atoms with Crippen molar-refractivity contribution in [1.29, 1.82) is 0 Å². The highest BCUT2D eigenvalue weighted by atomic mass is 16.5. The number of benzene rings is 1. The topological polar surface area (TPSA) is 47.7 Å². The van der Waals surface area contributed by atoms with Gasteiger partial charge in [0.1, 0.15) is 11.5 Å². The molecule has 4 heteroatoms. The Morgan fingerprint density at radius 2 is 1.79 bits per heavy atom. The predicted octanol–water partition coefficient (Wildman–Crippen LogP) is 1.89. The van der Waals surface area contributed by atoms with Crippen LogP contribution in [-0.2, 0) is 0 Å². The zero-order valence-corrected chi connectivity index (χ0v) is 11.7. The van der Waals surface area contributed by atoms with E-state index in [1.165, 1.54) is 0 Å². The molecule has 4 nitrogen and oxygen atoms in total. The Balaban J connectivity index is 1.61. The van der Waals surface area contributed by atoms with Gasteiger partial charge in [0, 0.05) is 12.6 Å². The van der Waals surface area contributed by atoms with E-state index in [0.29, 0.717) is 6.04 Å². The molecule has 1 saturated heterocycles. The summed E-state index contributed by atoms with van der Waals surface area (Å²) in [6.07, 6.45) is 3.31. The standard InChI is InChI=1S/C15H24N2O2/c1-18-14-3-5-15(6-4-14)19-12-2-9-17-10-7-13(16)8-11-17/h3-6,13H,2,7-12,16H2,1H3. The van der Waals surface area contributed by atoms with E-state index >= 15 is 0 Å². The lowest BCUT2D eigenvalue weighted by Gasteiger charge is -2.29. The molecule has 0 atom stereocenters. The van der Waals surface area contributed by atoms with E-state index < -0.39 is 0 Å². The van der Waals surface area contributed by atoms with Gasteiger partial charge in [-0.15, -0.1) is 0 Å². The van der Waals surface area contributed by atoms with Crippen molar-refractivity contribution in [1.82, 2.24) is 4.90 Å². The second-order valence-electron chi connectivity index (χ2n) is 5.06. The van der Waals surface area contributed by atoms with Crippen molar-refractivity contribution in [3.8, 4) is 11.5 Å². The SMILES string of the molecule is COc1ccc(OCCCN2CCC(N)CC2)cc1. The van der Waals surface area contributed by atoms with E-state index in [9.17, 15) is 0 Å². The van der Waals surface area contributed by atoms with Crippen LogP contribution in [0.15, 0.2) is 24.3 Å². The van der Waals surface area contributed by atoms with Gasteiger partial charge in [-0.1, -0.05) is 0 Å². The fourth-order valence-corrected chi connectivity index (χ4v) is 2.33. The van der Waals surface area contributed by atoms with Crippen molar-refractivity contribution in [3.63, 3.8) is 0 Å². The third kappa shape index (κ3) is 4.73. The van der Waals surface area contributed by atoms with Crippen molar-refractivity contribution in [2.75, 3.05) is 33.4 Å². The zero-order chi connectivity index (χ0) is 13.5. The minimum atomic E-state index is 0.409. The van der Waals surface area contributed by atoms with Crippen LogP contribution in [0.25, 0.3) is 0 Å². The van der Waals surface area contributed by atoms with E-state index in [4.69, 9.17) is 15.2 Å². The Hall–Kier alpha value is -1.26. The van der Waals surface area contributed by atoms with Gasteiger partial charge >= 0.3 is 0 Å². The van der Waals surface area contributed by atoms with Crippen molar-refractivity contribution in [2.24, 2.45) is 5.73 Å². The summed E-state index contributed by atoms with van der Waals surface area (Å²) in [5, 5.41) is 0. The minimum absolute atomic E-state index is 0.409. The fourth-order valence-electron chi connectivity index (χ4n) is 2.33. The summed E-state index contributed by atoms with van der Waals surface area (Å²) in [5.41, 5.74) is 5.89. The van der Waals surface area contributed by atoms with Gasteiger partial charge in [0.2, 0.25) is 0 Å². The van der Waals surface area contributed by atoms with Gasteiger partial charge in [-0.3, -0.25) is 0 Å². The number of ether oxygens (including phenoxy) is 2. The molecule has 2 rings (SSSR count). The highest BCUT2D eigenvalue weighted by Crippen LogP contribution is 2.17. The summed E-state index contributed by atoms with van der Waals surface area (Å²) in [6, 6.07) is 8.13. The summed E-state index contributed by atoms with van der Waals surface area (Å²) >= 11 is 0. The molecule has 0 aromatic heterocycles. The molecule has 106 valence electrons. The molecular formula is C15H24N2O2. The maximum atomic E-state index is 5.89. The third-order valence-electron chi connectivity index (χ3n) is 3.58. The molecule has 0 unspecified atom stereocenters. The van der Waals surface area contributed by atoms with E-state index in [-0.39, 0.29) is 0 Å². The highest BCUT2D eigenvalue weighted by Gasteiger charge is 2.14. The molecule has 1 aliphatic heterocycles. The van der Waals surface area contributed by atoms with Crippen LogP contribution in [-0.4, -0.2) is 44.3 Å². The summed E-state index contributed by atoms with van der Waals surface area (Å²) in [4.78, 5) is 2.47. The molecular weight excluding hydrogens is 240 g/mol. The van der Waals surface area contributed by atoms with Crippen LogP contribution >= 0.6 is 0 Å². The van der Waals surface area contributed by atoms with Crippen LogP contribution in [0, 0.1) is 0 Å². The number of nitrogens with zero attached hydrogens (tertiary/aromatic N) is 1. The molecule has 1 aliphatic rings. The van der Waals surface area contributed by atoms with Crippen LogP contribution in [0.3, 0.4) is 0 Å². The summed E-state index contributed by atoms with van der Waals surface area (Å²) in [5.74, 6) is 1.76. The van der Waals surface area contributed by atoms with Crippen LogP contribution in [0.5, 0.6) is 11.5 Å². The lowest BCUT2D eigenvalue weighted by atomic mass is 10.1. The molecule has 0 aliphatic carbocycles. The highest BCUT2D eigenvalue weighted by molar-refractivity contribution is 5.31. The number of piperidine rings is 1. The first kappa shape index (κ1) is 14.2. The normalized spacial score (nSPS) is 17.4. The molecule has 0 bridgehead atoms. The van der Waals surface area contributed by atoms with Crippen LogP contribution in [0.4, 0.5) is 0 Å². The van der Waals surface area contributed by atoms with Crippen molar-refractivity contribution < 1.29 is 9.47 Å². The molecule has 1 aromatic carbocycles. The Labute approximate surface area is 115 Å². The quantitative estimate of drug-likeness (QED) is 0.797. The fraction of sp³-hybridized carbons (Fsp3) is 0.600. The summed E-state index contributed by atoms with van der Waals surface area (Å²) < 4.78 is 10.8. The summed E-state index contributed by atoms with van der Waals surface area (Å²) in [7, 11) is 1.67. The molecule has 2 N–H and O–H groups in total. The van der Waals surface area contributed by atoms with Crippen molar-refractivity contribution in [3.05, 3.63) is 24.3 Å². The second kappa shape index (κ2) is 7.36. The maximum Gasteiger partial charge on any atom is 0.119 e. The lowest BCUT2D eigenvalue weighted by Crippen LogP contribution is -2.40. The largest absolute Gasteiger partial charge is 0.497 e. The first-order valence-corrected chi connectivity index (χ1v) is 7.03. The Kier molecular flexibility index (Phi) is 5.48.